The molecule has 0 aromatic heterocycles. The number of hydrogen-bond donors (Lipinski definition) is 2. The van der Waals surface area contributed by atoms with Crippen LogP contribution in [0.5, 0.6) is 0 Å². The summed E-state index contributed by atoms with van der Waals surface area (Å²) in [7, 11) is 0. The van der Waals surface area contributed by atoms with Crippen LogP contribution < -0.4 is 10.6 Å². The quantitative estimate of drug-likeness (QED) is 0.769. The third-order valence-electron chi connectivity index (χ3n) is 2.62. The van der Waals surface area contributed by atoms with E-state index in [1.54, 1.807) is 19.1 Å². The third kappa shape index (κ3) is 1.99. The second kappa shape index (κ2) is 3.98. The van der Waals surface area contributed by atoms with Crippen LogP contribution in [0.4, 0.5) is 10.1 Å². The van der Waals surface area contributed by atoms with E-state index >= 15 is 0 Å². The first kappa shape index (κ1) is 10.1. The van der Waals surface area contributed by atoms with Crippen LogP contribution in [0.15, 0.2) is 18.2 Å². The third-order valence-corrected chi connectivity index (χ3v) is 2.62. The van der Waals surface area contributed by atoms with Gasteiger partial charge in [0.2, 0.25) is 5.91 Å². The van der Waals surface area contributed by atoms with Crippen molar-refractivity contribution in [1.82, 2.24) is 5.32 Å². The summed E-state index contributed by atoms with van der Waals surface area (Å²) in [5.74, 6) is -0.512. The Morgan fingerprint density at radius 2 is 2.27 bits per heavy atom. The lowest BCUT2D eigenvalue weighted by Crippen LogP contribution is -2.48. The van der Waals surface area contributed by atoms with E-state index in [4.69, 9.17) is 0 Å². The zero-order valence-electron chi connectivity index (χ0n) is 8.51. The monoisotopic (exact) mass is 208 g/mol. The van der Waals surface area contributed by atoms with Crippen molar-refractivity contribution in [2.45, 2.75) is 6.92 Å². The summed E-state index contributed by atoms with van der Waals surface area (Å²) in [4.78, 5) is 11.6. The molecule has 1 aromatic carbocycles. The van der Waals surface area contributed by atoms with Gasteiger partial charge in [0.15, 0.2) is 0 Å². The average Bonchev–Trinajstić information content (AvgIpc) is 2.08. The van der Waals surface area contributed by atoms with Crippen molar-refractivity contribution in [3.05, 3.63) is 29.6 Å². The lowest BCUT2D eigenvalue weighted by atomic mass is 10.0. The van der Waals surface area contributed by atoms with Gasteiger partial charge in [-0.15, -0.1) is 0 Å². The van der Waals surface area contributed by atoms with Crippen molar-refractivity contribution in [3.8, 4) is 0 Å². The van der Waals surface area contributed by atoms with E-state index in [0.29, 0.717) is 18.8 Å². The second-order valence-electron chi connectivity index (χ2n) is 3.78. The summed E-state index contributed by atoms with van der Waals surface area (Å²) in [5, 5.41) is 5.63. The van der Waals surface area contributed by atoms with E-state index in [2.05, 4.69) is 10.6 Å². The lowest BCUT2D eigenvalue weighted by Gasteiger charge is -2.26. The zero-order chi connectivity index (χ0) is 10.8. The second-order valence-corrected chi connectivity index (χ2v) is 3.78. The van der Waals surface area contributed by atoms with Gasteiger partial charge in [0, 0.05) is 13.1 Å². The van der Waals surface area contributed by atoms with Crippen molar-refractivity contribution in [2.24, 2.45) is 5.92 Å². The molecule has 0 atom stereocenters. The SMILES string of the molecule is Cc1cccc(F)c1NC(=O)C1CNC1. The number of aryl methyl sites for hydroxylation is 1. The molecule has 1 fully saturated rings. The first-order chi connectivity index (χ1) is 7.18. The fourth-order valence-corrected chi connectivity index (χ4v) is 1.49. The van der Waals surface area contributed by atoms with Gasteiger partial charge < -0.3 is 10.6 Å². The minimum absolute atomic E-state index is 0.0241. The maximum Gasteiger partial charge on any atom is 0.230 e. The van der Waals surface area contributed by atoms with E-state index in [9.17, 15) is 9.18 Å². The molecule has 15 heavy (non-hydrogen) atoms. The molecule has 1 aromatic rings. The smallest absolute Gasteiger partial charge is 0.230 e. The zero-order valence-corrected chi connectivity index (χ0v) is 8.51. The highest BCUT2D eigenvalue weighted by molar-refractivity contribution is 5.94. The Balaban J connectivity index is 2.12. The topological polar surface area (TPSA) is 41.1 Å². The van der Waals surface area contributed by atoms with Gasteiger partial charge in [-0.05, 0) is 18.6 Å². The van der Waals surface area contributed by atoms with E-state index in [-0.39, 0.29) is 17.6 Å². The van der Waals surface area contributed by atoms with Gasteiger partial charge in [0.1, 0.15) is 5.82 Å². The molecule has 0 radical (unpaired) electrons. The van der Waals surface area contributed by atoms with Crippen LogP contribution in [-0.4, -0.2) is 19.0 Å². The molecular formula is C11H13FN2O. The van der Waals surface area contributed by atoms with Crippen LogP contribution in [0, 0.1) is 18.7 Å². The van der Waals surface area contributed by atoms with Gasteiger partial charge in [-0.25, -0.2) is 4.39 Å². The number of halogens is 1. The van der Waals surface area contributed by atoms with E-state index in [1.807, 2.05) is 0 Å². The lowest BCUT2D eigenvalue weighted by molar-refractivity contribution is -0.121. The number of para-hydroxylation sites is 1. The number of anilines is 1. The molecule has 2 N–H and O–H groups in total. The van der Waals surface area contributed by atoms with Gasteiger partial charge in [-0.3, -0.25) is 4.79 Å². The van der Waals surface area contributed by atoms with E-state index in [0.717, 1.165) is 5.56 Å². The fraction of sp³-hybridized carbons (Fsp3) is 0.364. The molecule has 0 unspecified atom stereocenters. The maximum absolute atomic E-state index is 13.4. The van der Waals surface area contributed by atoms with Crippen molar-refractivity contribution in [1.29, 1.82) is 0 Å². The molecule has 0 bridgehead atoms. The van der Waals surface area contributed by atoms with Crippen molar-refractivity contribution >= 4 is 11.6 Å². The normalized spacial score (nSPS) is 15.9. The molecule has 1 amide bonds. The predicted molar refractivity (Wildman–Crippen MR) is 56.1 cm³/mol. The highest BCUT2D eigenvalue weighted by Crippen LogP contribution is 2.19. The Kier molecular flexibility index (Phi) is 2.68. The van der Waals surface area contributed by atoms with Gasteiger partial charge >= 0.3 is 0 Å². The van der Waals surface area contributed by atoms with Crippen LogP contribution in [-0.2, 0) is 4.79 Å². The molecule has 2 rings (SSSR count). The van der Waals surface area contributed by atoms with E-state index < -0.39 is 0 Å². The molecule has 4 heteroatoms. The highest BCUT2D eigenvalue weighted by Gasteiger charge is 2.25. The number of hydrogen-bond acceptors (Lipinski definition) is 2. The van der Waals surface area contributed by atoms with E-state index in [1.165, 1.54) is 6.07 Å². The number of carbonyl (C=O) groups excluding carboxylic acids is 1. The number of carbonyl (C=O) groups is 1. The summed E-state index contributed by atoms with van der Waals surface area (Å²) >= 11 is 0. The molecular weight excluding hydrogens is 195 g/mol. The molecule has 1 heterocycles. The number of benzene rings is 1. The Bertz CT molecular complexity index is 368. The molecule has 80 valence electrons. The Morgan fingerprint density at radius 3 is 2.80 bits per heavy atom. The van der Waals surface area contributed by atoms with Crippen LogP contribution in [0.25, 0.3) is 0 Å². The van der Waals surface area contributed by atoms with Crippen LogP contribution in [0.2, 0.25) is 0 Å². The summed E-state index contributed by atoms with van der Waals surface area (Å²) in [6, 6.07) is 4.75. The first-order valence-electron chi connectivity index (χ1n) is 4.95. The Hall–Kier alpha value is -1.42. The van der Waals surface area contributed by atoms with Gasteiger partial charge in [-0.2, -0.15) is 0 Å². The summed E-state index contributed by atoms with van der Waals surface area (Å²) in [6.07, 6.45) is 0. The fourth-order valence-electron chi connectivity index (χ4n) is 1.49. The predicted octanol–water partition coefficient (Wildman–Crippen LogP) is 1.29. The summed E-state index contributed by atoms with van der Waals surface area (Å²) in [6.45, 7) is 3.14. The maximum atomic E-state index is 13.4. The minimum atomic E-state index is -0.379. The van der Waals surface area contributed by atoms with Crippen LogP contribution in [0.1, 0.15) is 5.56 Å². The standard InChI is InChI=1S/C11H13FN2O/c1-7-3-2-4-9(12)10(7)14-11(15)8-5-13-6-8/h2-4,8,13H,5-6H2,1H3,(H,14,15). The molecule has 0 saturated carbocycles. The summed E-state index contributed by atoms with van der Waals surface area (Å²) < 4.78 is 13.4. The van der Waals surface area contributed by atoms with Crippen molar-refractivity contribution in [2.75, 3.05) is 18.4 Å². The minimum Gasteiger partial charge on any atom is -0.323 e. The van der Waals surface area contributed by atoms with Gasteiger partial charge in [0.25, 0.3) is 0 Å². The number of nitrogens with one attached hydrogen (secondary N) is 2. The molecule has 1 saturated heterocycles. The van der Waals surface area contributed by atoms with Crippen molar-refractivity contribution < 1.29 is 9.18 Å². The molecule has 0 aliphatic carbocycles. The highest BCUT2D eigenvalue weighted by atomic mass is 19.1. The first-order valence-corrected chi connectivity index (χ1v) is 4.95. The molecule has 1 aliphatic heterocycles. The van der Waals surface area contributed by atoms with Gasteiger partial charge in [0.05, 0.1) is 11.6 Å². The van der Waals surface area contributed by atoms with Crippen LogP contribution >= 0.6 is 0 Å². The van der Waals surface area contributed by atoms with Crippen LogP contribution in [0.3, 0.4) is 0 Å². The average molecular weight is 208 g/mol. The Morgan fingerprint density at radius 1 is 1.53 bits per heavy atom. The number of rotatable bonds is 2. The van der Waals surface area contributed by atoms with Crippen molar-refractivity contribution in [3.63, 3.8) is 0 Å². The summed E-state index contributed by atoms with van der Waals surface area (Å²) in [5.41, 5.74) is 1.05. The molecule has 3 nitrogen and oxygen atoms in total. The van der Waals surface area contributed by atoms with Gasteiger partial charge in [-0.1, -0.05) is 12.1 Å². The number of amides is 1. The Labute approximate surface area is 87.7 Å². The molecule has 1 aliphatic rings. The largest absolute Gasteiger partial charge is 0.323 e. The molecule has 0 spiro atoms.